The van der Waals surface area contributed by atoms with Crippen molar-refractivity contribution < 1.29 is 47.0 Å². The van der Waals surface area contributed by atoms with E-state index in [1.807, 2.05) is 30.3 Å². The number of carbonyl (C=O) groups is 4. The molecule has 53 heavy (non-hydrogen) atoms. The fourth-order valence-electron chi connectivity index (χ4n) is 5.21. The summed E-state index contributed by atoms with van der Waals surface area (Å²) in [5.74, 6) is 4.07. The normalized spacial score (nSPS) is 11.5. The lowest BCUT2D eigenvalue weighted by molar-refractivity contribution is -0.142. The number of likely N-dealkylation sites (N-methyl/N-ethyl adjacent to an activating group) is 1. The molecular formula is C40H57N2O10P. The number of nitrogens with one attached hydrogen (secondary N) is 1. The first-order valence-corrected chi connectivity index (χ1v) is 20.2. The maximum atomic E-state index is 13.2. The van der Waals surface area contributed by atoms with E-state index < -0.39 is 50.1 Å². The minimum Gasteiger partial charge on any atom is -0.490 e. The number of hydrogen-bond donors (Lipinski definition) is 1. The van der Waals surface area contributed by atoms with Gasteiger partial charge in [0.2, 0.25) is 11.8 Å². The van der Waals surface area contributed by atoms with Crippen LogP contribution in [0.2, 0.25) is 0 Å². The number of nitrogens with zero attached hydrogens (tertiary/aromatic N) is 1. The van der Waals surface area contributed by atoms with E-state index >= 15 is 0 Å². The van der Waals surface area contributed by atoms with E-state index in [0.29, 0.717) is 5.56 Å². The molecule has 0 radical (unpaired) electrons. The number of rotatable bonds is 25. The molecule has 0 heterocycles. The van der Waals surface area contributed by atoms with Crippen molar-refractivity contribution in [2.75, 3.05) is 46.7 Å². The molecule has 13 heteroatoms. The fourth-order valence-corrected chi connectivity index (χ4v) is 6.83. The molecule has 1 atom stereocenters. The van der Waals surface area contributed by atoms with Crippen LogP contribution in [-0.2, 0) is 44.1 Å². The number of methoxy groups -OCH3 is 1. The van der Waals surface area contributed by atoms with Crippen LogP contribution in [0.1, 0.15) is 106 Å². The third-order valence-corrected chi connectivity index (χ3v) is 10.00. The van der Waals surface area contributed by atoms with Crippen molar-refractivity contribution in [3.8, 4) is 17.6 Å². The first-order valence-electron chi connectivity index (χ1n) is 18.5. The number of esters is 2. The molecule has 2 rings (SSSR count). The molecular weight excluding hydrogens is 699 g/mol. The van der Waals surface area contributed by atoms with Crippen molar-refractivity contribution >= 4 is 31.3 Å². The summed E-state index contributed by atoms with van der Waals surface area (Å²) in [6.45, 7) is 5.08. The molecule has 1 N–H and O–H groups in total. The van der Waals surface area contributed by atoms with Crippen LogP contribution in [-0.4, -0.2) is 81.4 Å². The quantitative estimate of drug-likeness (QED) is 0.0483. The van der Waals surface area contributed by atoms with Gasteiger partial charge in [0.1, 0.15) is 30.7 Å². The molecule has 0 aromatic heterocycles. The zero-order valence-corrected chi connectivity index (χ0v) is 32.9. The van der Waals surface area contributed by atoms with E-state index in [1.165, 1.54) is 52.7 Å². The number of unbranched alkanes of at least 4 members (excludes halogenated alkanes) is 8. The molecule has 0 bridgehead atoms. The minimum absolute atomic E-state index is 0.0527. The van der Waals surface area contributed by atoms with Gasteiger partial charge < -0.3 is 33.5 Å². The monoisotopic (exact) mass is 756 g/mol. The molecule has 0 aliphatic carbocycles. The van der Waals surface area contributed by atoms with Crippen LogP contribution in [0.25, 0.3) is 0 Å². The summed E-state index contributed by atoms with van der Waals surface area (Å²) in [6, 6.07) is 13.3. The van der Waals surface area contributed by atoms with Crippen LogP contribution in [0.5, 0.6) is 5.75 Å². The van der Waals surface area contributed by atoms with Crippen LogP contribution >= 0.6 is 7.60 Å². The molecule has 0 aliphatic rings. The lowest BCUT2D eigenvalue weighted by Crippen LogP contribution is -2.46. The number of benzene rings is 2. The third kappa shape index (κ3) is 18.4. The molecule has 0 unspecified atom stereocenters. The van der Waals surface area contributed by atoms with Crippen molar-refractivity contribution in [3.63, 3.8) is 0 Å². The standard InChI is InChI=1S/C40H57N2O10P/c1-6-9-10-11-12-13-14-15-16-18-21-32-24-25-35(40(46)50-29-33-22-19-17-20-23-33)36(26-32)49-30-34(27-39(45)48-5)41-37(43)28-42(4)38(44)31-53(47,51-7-2)52-8-3/h17,19-20,22-26,34H,6-16,27-31H2,1-5H3,(H,41,43)/t34-/m0/s1. The Morgan fingerprint density at radius 1 is 0.887 bits per heavy atom. The van der Waals surface area contributed by atoms with Crippen molar-refractivity contribution in [3.05, 3.63) is 65.2 Å². The second-order valence-corrected chi connectivity index (χ2v) is 14.6. The molecule has 2 amide bonds. The maximum Gasteiger partial charge on any atom is 0.342 e. The van der Waals surface area contributed by atoms with Gasteiger partial charge in [-0.2, -0.15) is 0 Å². The maximum absolute atomic E-state index is 13.2. The zero-order valence-electron chi connectivity index (χ0n) is 32.0. The van der Waals surface area contributed by atoms with E-state index in [-0.39, 0.29) is 44.2 Å². The summed E-state index contributed by atoms with van der Waals surface area (Å²) in [5.41, 5.74) is 1.59. The van der Waals surface area contributed by atoms with E-state index in [2.05, 4.69) is 24.1 Å². The van der Waals surface area contributed by atoms with E-state index in [0.717, 1.165) is 29.7 Å². The Bertz CT molecular complexity index is 1530. The van der Waals surface area contributed by atoms with Crippen LogP contribution in [0.15, 0.2) is 48.5 Å². The lowest BCUT2D eigenvalue weighted by atomic mass is 10.1. The molecule has 0 spiro atoms. The Balaban J connectivity index is 2.16. The number of hydrogen-bond acceptors (Lipinski definition) is 10. The summed E-state index contributed by atoms with van der Waals surface area (Å²) in [6.07, 6.45) is 9.62. The SMILES string of the molecule is CCCCCCCCCCC#Cc1ccc(C(=O)OCc2ccccc2)c(OC[C@H](CC(=O)OC)NC(=O)CN(C)C(=O)CP(=O)(OCC)OCC)c1. The predicted octanol–water partition coefficient (Wildman–Crippen LogP) is 7.08. The van der Waals surface area contributed by atoms with E-state index in [1.54, 1.807) is 32.0 Å². The Morgan fingerprint density at radius 2 is 1.55 bits per heavy atom. The largest absolute Gasteiger partial charge is 0.490 e. The summed E-state index contributed by atoms with van der Waals surface area (Å²) in [4.78, 5) is 52.5. The first-order chi connectivity index (χ1) is 25.5. The average Bonchev–Trinajstić information content (AvgIpc) is 3.14. The predicted molar refractivity (Wildman–Crippen MR) is 204 cm³/mol. The molecule has 2 aromatic rings. The average molecular weight is 757 g/mol. The van der Waals surface area contributed by atoms with Crippen LogP contribution in [0, 0.1) is 11.8 Å². The molecule has 0 saturated carbocycles. The summed E-state index contributed by atoms with van der Waals surface area (Å²) >= 11 is 0. The highest BCUT2D eigenvalue weighted by Crippen LogP contribution is 2.47. The number of amides is 2. The van der Waals surface area contributed by atoms with Crippen LogP contribution < -0.4 is 10.1 Å². The van der Waals surface area contributed by atoms with Crippen LogP contribution in [0.4, 0.5) is 0 Å². The van der Waals surface area contributed by atoms with Crippen molar-refractivity contribution in [1.82, 2.24) is 10.2 Å². The molecule has 12 nitrogen and oxygen atoms in total. The number of ether oxygens (including phenoxy) is 3. The Morgan fingerprint density at radius 3 is 2.19 bits per heavy atom. The Labute approximate surface area is 315 Å². The minimum atomic E-state index is -3.68. The lowest BCUT2D eigenvalue weighted by Gasteiger charge is -2.23. The summed E-state index contributed by atoms with van der Waals surface area (Å²) in [5, 5.41) is 2.70. The Hall–Kier alpha value is -4.17. The van der Waals surface area contributed by atoms with E-state index in [9.17, 15) is 23.7 Å². The third-order valence-electron chi connectivity index (χ3n) is 8.04. The molecule has 0 saturated heterocycles. The van der Waals surface area contributed by atoms with Crippen molar-refractivity contribution in [1.29, 1.82) is 0 Å². The topological polar surface area (TPSA) is 147 Å². The highest BCUT2D eigenvalue weighted by atomic mass is 31.2. The van der Waals surface area contributed by atoms with Gasteiger partial charge in [0, 0.05) is 19.0 Å². The summed E-state index contributed by atoms with van der Waals surface area (Å²) in [7, 11) is -1.08. The molecule has 0 fully saturated rings. The highest BCUT2D eigenvalue weighted by Gasteiger charge is 2.30. The van der Waals surface area contributed by atoms with Crippen LogP contribution in [0.3, 0.4) is 0 Å². The van der Waals surface area contributed by atoms with Gasteiger partial charge in [0.25, 0.3) is 0 Å². The Kier molecular flexibility index (Phi) is 21.9. The first kappa shape index (κ1) is 45.0. The van der Waals surface area contributed by atoms with Crippen molar-refractivity contribution in [2.24, 2.45) is 0 Å². The van der Waals surface area contributed by atoms with Gasteiger partial charge >= 0.3 is 19.5 Å². The van der Waals surface area contributed by atoms with Gasteiger partial charge in [0.05, 0.1) is 39.3 Å². The second kappa shape index (κ2) is 25.7. The van der Waals surface area contributed by atoms with Gasteiger partial charge in [-0.05, 0) is 44.0 Å². The zero-order chi connectivity index (χ0) is 38.9. The van der Waals surface area contributed by atoms with Gasteiger partial charge in [-0.3, -0.25) is 18.9 Å². The molecule has 292 valence electrons. The van der Waals surface area contributed by atoms with Gasteiger partial charge in [-0.15, -0.1) is 0 Å². The molecule has 0 aliphatic heterocycles. The van der Waals surface area contributed by atoms with Crippen molar-refractivity contribution in [2.45, 2.75) is 97.6 Å². The van der Waals surface area contributed by atoms with Gasteiger partial charge in [0.15, 0.2) is 0 Å². The second-order valence-electron chi connectivity index (χ2n) is 12.5. The van der Waals surface area contributed by atoms with E-state index in [4.69, 9.17) is 23.3 Å². The van der Waals surface area contributed by atoms with Gasteiger partial charge in [-0.25, -0.2) is 4.79 Å². The van der Waals surface area contributed by atoms with Gasteiger partial charge in [-0.1, -0.05) is 94.0 Å². The summed E-state index contributed by atoms with van der Waals surface area (Å²) < 4.78 is 39.7. The smallest absolute Gasteiger partial charge is 0.342 e. The number of carbonyl (C=O) groups excluding carboxylic acids is 4. The fraction of sp³-hybridized carbons (Fsp3) is 0.550. The highest BCUT2D eigenvalue weighted by molar-refractivity contribution is 7.54. The molecule has 2 aromatic carbocycles.